The number of piperazine rings is 2. The van der Waals surface area contributed by atoms with E-state index in [0.29, 0.717) is 51.8 Å². The van der Waals surface area contributed by atoms with Crippen LogP contribution in [-0.2, 0) is 4.74 Å². The molecule has 2 unspecified atom stereocenters. The molecule has 2 bridgehead atoms. The second kappa shape index (κ2) is 20.1. The molecule has 3 aliphatic heterocycles. The van der Waals surface area contributed by atoms with Crippen LogP contribution in [0.2, 0.25) is 10.0 Å². The summed E-state index contributed by atoms with van der Waals surface area (Å²) in [4.78, 5) is 27.1. The van der Waals surface area contributed by atoms with Gasteiger partial charge in [0.05, 0.1) is 28.3 Å². The average molecular weight is 878 g/mol. The molecule has 322 valence electrons. The lowest BCUT2D eigenvalue weighted by Crippen LogP contribution is -2.60. The lowest BCUT2D eigenvalue weighted by molar-refractivity contribution is -0.0677. The summed E-state index contributed by atoms with van der Waals surface area (Å²) < 4.78 is 75.7. The number of carbonyl (C=O) groups is 1. The zero-order valence-electron chi connectivity index (χ0n) is 34.8. The van der Waals surface area contributed by atoms with Gasteiger partial charge in [0.15, 0.2) is 0 Å². The van der Waals surface area contributed by atoms with Gasteiger partial charge < -0.3 is 24.3 Å². The SMILES string of the molecule is C=CN(C)c1c2cc(Cl)c(-c3cc(Cl)c(F)cc3F)c1SCC(CN1CCN(C(=N)C(F)(F)F)C(=N)C1)N=C2N1C[C@@H](C)N(C(=O)OC(C)(C)C)CC1C.CC.CC. The van der Waals surface area contributed by atoms with E-state index in [1.54, 1.807) is 49.9 Å². The van der Waals surface area contributed by atoms with Gasteiger partial charge in [-0.25, -0.2) is 13.6 Å². The van der Waals surface area contributed by atoms with Gasteiger partial charge >= 0.3 is 12.3 Å². The summed E-state index contributed by atoms with van der Waals surface area (Å²) in [7, 11) is 1.77. The van der Waals surface area contributed by atoms with E-state index in [1.807, 2.05) is 46.4 Å². The van der Waals surface area contributed by atoms with E-state index in [1.165, 1.54) is 17.8 Å². The maximum Gasteiger partial charge on any atom is 0.449 e. The molecule has 2 N–H and O–H groups in total. The Morgan fingerprint density at radius 2 is 1.64 bits per heavy atom. The minimum absolute atomic E-state index is 0.0144. The number of fused-ring (bicyclic) bond motifs is 2. The van der Waals surface area contributed by atoms with E-state index in [9.17, 15) is 22.4 Å². The number of ether oxygens (including phenoxy) is 1. The quantitative estimate of drug-likeness (QED) is 0.134. The number of hydrogen-bond donors (Lipinski definition) is 2. The van der Waals surface area contributed by atoms with Crippen LogP contribution in [0.4, 0.5) is 32.4 Å². The highest BCUT2D eigenvalue weighted by Gasteiger charge is 2.42. The van der Waals surface area contributed by atoms with Crippen molar-refractivity contribution in [3.05, 3.63) is 58.2 Å². The summed E-state index contributed by atoms with van der Waals surface area (Å²) >= 11 is 14.5. The van der Waals surface area contributed by atoms with E-state index in [-0.39, 0.29) is 65.3 Å². The van der Waals surface area contributed by atoms with Crippen LogP contribution in [0.3, 0.4) is 0 Å². The van der Waals surface area contributed by atoms with E-state index < -0.39 is 41.4 Å². The van der Waals surface area contributed by atoms with Crippen molar-refractivity contribution < 1.29 is 31.5 Å². The number of amidine groups is 3. The molecule has 0 radical (unpaired) electrons. The molecule has 1 amide bonds. The first-order chi connectivity index (χ1) is 27.1. The normalized spacial score (nSPS) is 20.1. The Bertz CT molecular complexity index is 1880. The number of aliphatic imine (C=N–C) groups is 1. The van der Waals surface area contributed by atoms with Gasteiger partial charge in [-0.05, 0) is 53.0 Å². The maximum atomic E-state index is 15.6. The van der Waals surface area contributed by atoms with Crippen molar-refractivity contribution in [1.29, 1.82) is 10.8 Å². The average Bonchev–Trinajstić information content (AvgIpc) is 3.14. The molecule has 2 saturated heterocycles. The van der Waals surface area contributed by atoms with Crippen molar-refractivity contribution in [2.24, 2.45) is 4.99 Å². The highest BCUT2D eigenvalue weighted by Crippen LogP contribution is 2.48. The van der Waals surface area contributed by atoms with Crippen molar-refractivity contribution in [2.75, 3.05) is 57.0 Å². The fraction of sp³-hybridized carbons (Fsp3) is 0.550. The molecule has 2 fully saturated rings. The number of nitrogens with zero attached hydrogens (tertiary/aromatic N) is 6. The lowest BCUT2D eigenvalue weighted by atomic mass is 9.98. The molecule has 2 aromatic rings. The highest BCUT2D eigenvalue weighted by molar-refractivity contribution is 7.99. The molecular weight excluding hydrogens is 822 g/mol. The van der Waals surface area contributed by atoms with Crippen LogP contribution in [0.15, 0.2) is 40.9 Å². The number of hydrogen-bond acceptors (Lipinski definition) is 9. The number of anilines is 1. The molecule has 0 spiro atoms. The molecule has 18 heteroatoms. The van der Waals surface area contributed by atoms with Gasteiger partial charge in [-0.1, -0.05) is 57.5 Å². The standard InChI is InChI=1S/C36H43Cl2F5N8O2S.2C2H6/c1-8-47(7)30-23-12-25(38)29(22-11-24(37)27(40)13-26(22)39)31(30)54-18-21(16-48-9-10-49(28(44)17-48)33(45)36(41,42)43)46-32(23)50-14-20(3)51(15-19(50)2)34(52)53-35(4,5)6;2*1-2/h8,11-13,19-21,44-45H,1,9-10,14-18H2,2-7H3;2*1-2H3/t19?,20-,21?;;/m1../s1. The van der Waals surface area contributed by atoms with Crippen molar-refractivity contribution in [2.45, 2.75) is 97.1 Å². The number of alkyl halides is 3. The number of nitrogens with one attached hydrogen (secondary N) is 2. The number of rotatable bonds is 5. The van der Waals surface area contributed by atoms with Crippen molar-refractivity contribution in [3.8, 4) is 11.1 Å². The predicted octanol–water partition coefficient (Wildman–Crippen LogP) is 10.3. The first kappa shape index (κ1) is 48.8. The Hall–Kier alpha value is -3.60. The van der Waals surface area contributed by atoms with Gasteiger partial charge in [0.25, 0.3) is 0 Å². The van der Waals surface area contributed by atoms with Crippen molar-refractivity contribution in [1.82, 2.24) is 19.6 Å². The van der Waals surface area contributed by atoms with Crippen LogP contribution in [0.1, 0.15) is 67.9 Å². The summed E-state index contributed by atoms with van der Waals surface area (Å²) in [6.07, 6.45) is -3.75. The van der Waals surface area contributed by atoms with Crippen LogP contribution in [-0.4, -0.2) is 125 Å². The van der Waals surface area contributed by atoms with Crippen LogP contribution in [0.5, 0.6) is 0 Å². The summed E-state index contributed by atoms with van der Waals surface area (Å²) in [6, 6.07) is 2.45. The van der Waals surface area contributed by atoms with Gasteiger partial charge in [-0.15, -0.1) is 11.8 Å². The summed E-state index contributed by atoms with van der Waals surface area (Å²) in [5.41, 5.74) is 0.744. The molecular formula is C40H55Cl2F5N8O2S. The molecule has 0 saturated carbocycles. The topological polar surface area (TPSA) is 103 Å². The summed E-state index contributed by atoms with van der Waals surface area (Å²) in [5.74, 6) is -2.93. The third kappa shape index (κ3) is 11.2. The smallest absolute Gasteiger partial charge is 0.444 e. The Morgan fingerprint density at radius 3 is 2.21 bits per heavy atom. The van der Waals surface area contributed by atoms with Crippen LogP contribution in [0.25, 0.3) is 11.1 Å². The second-order valence-corrected chi connectivity index (χ2v) is 16.4. The van der Waals surface area contributed by atoms with E-state index in [2.05, 4.69) is 11.5 Å². The number of carbonyl (C=O) groups excluding carboxylic acids is 1. The first-order valence-electron chi connectivity index (χ1n) is 19.2. The van der Waals surface area contributed by atoms with Crippen molar-refractivity contribution >= 4 is 64.3 Å². The van der Waals surface area contributed by atoms with Gasteiger partial charge in [-0.2, -0.15) is 13.2 Å². The third-order valence-corrected chi connectivity index (χ3v) is 11.1. The Balaban J connectivity index is 0.00000218. The summed E-state index contributed by atoms with van der Waals surface area (Å²) in [6.45, 7) is 21.9. The predicted molar refractivity (Wildman–Crippen MR) is 227 cm³/mol. The summed E-state index contributed by atoms with van der Waals surface area (Å²) in [5, 5.41) is 15.8. The van der Waals surface area contributed by atoms with E-state index in [4.69, 9.17) is 43.7 Å². The third-order valence-electron chi connectivity index (χ3n) is 9.31. The molecule has 3 aliphatic rings. The molecule has 10 nitrogen and oxygen atoms in total. The first-order valence-corrected chi connectivity index (χ1v) is 20.9. The molecule has 0 aromatic heterocycles. The Kier molecular flexibility index (Phi) is 16.9. The van der Waals surface area contributed by atoms with E-state index >= 15 is 4.39 Å². The molecule has 3 heterocycles. The van der Waals surface area contributed by atoms with Gasteiger partial charge in [0, 0.05) is 85.3 Å². The van der Waals surface area contributed by atoms with E-state index in [0.717, 1.165) is 0 Å². The number of halogens is 7. The number of benzene rings is 2. The lowest BCUT2D eigenvalue weighted by Gasteiger charge is -2.46. The maximum absolute atomic E-state index is 15.6. The zero-order valence-corrected chi connectivity index (χ0v) is 37.1. The Morgan fingerprint density at radius 1 is 1.02 bits per heavy atom. The monoisotopic (exact) mass is 876 g/mol. The molecule has 5 rings (SSSR count). The van der Waals surface area contributed by atoms with Crippen LogP contribution in [0, 0.1) is 22.5 Å². The number of amides is 1. The minimum atomic E-state index is -4.89. The van der Waals surface area contributed by atoms with Crippen LogP contribution >= 0.6 is 35.0 Å². The Labute approximate surface area is 353 Å². The van der Waals surface area contributed by atoms with Crippen molar-refractivity contribution in [3.63, 3.8) is 0 Å². The van der Waals surface area contributed by atoms with Gasteiger partial charge in [0.2, 0.25) is 5.84 Å². The number of thioether (sulfide) groups is 1. The molecule has 0 aliphatic carbocycles. The minimum Gasteiger partial charge on any atom is -0.444 e. The highest BCUT2D eigenvalue weighted by atomic mass is 35.5. The fourth-order valence-corrected chi connectivity index (χ4v) is 8.54. The molecule has 2 aromatic carbocycles. The van der Waals surface area contributed by atoms with Gasteiger partial charge in [-0.3, -0.25) is 20.7 Å². The second-order valence-electron chi connectivity index (χ2n) is 14.6. The van der Waals surface area contributed by atoms with Gasteiger partial charge in [0.1, 0.15) is 28.9 Å². The fourth-order valence-electron chi connectivity index (χ4n) is 6.72. The molecule has 58 heavy (non-hydrogen) atoms. The van der Waals surface area contributed by atoms with Crippen LogP contribution < -0.4 is 4.90 Å². The zero-order chi connectivity index (χ0) is 44.0. The largest absolute Gasteiger partial charge is 0.449 e. The molecule has 3 atom stereocenters.